The maximum absolute atomic E-state index is 12.8. The summed E-state index contributed by atoms with van der Waals surface area (Å²) in [4.78, 5) is 12.8. The number of para-hydroxylation sites is 1. The third kappa shape index (κ3) is 5.59. The first-order valence-electron chi connectivity index (χ1n) is 10.2. The quantitative estimate of drug-likeness (QED) is 0.559. The fourth-order valence-corrected chi connectivity index (χ4v) is 3.50. The number of rotatable bonds is 9. The molecule has 0 fully saturated rings. The number of benzene rings is 2. The molecule has 0 saturated heterocycles. The van der Waals surface area contributed by atoms with E-state index in [0.717, 1.165) is 48.5 Å². The van der Waals surface area contributed by atoms with Gasteiger partial charge in [0.05, 0.1) is 25.0 Å². The molecule has 1 aliphatic heterocycles. The van der Waals surface area contributed by atoms with Crippen molar-refractivity contribution in [3.8, 4) is 11.5 Å². The zero-order chi connectivity index (χ0) is 20.7. The molecule has 154 valence electrons. The van der Waals surface area contributed by atoms with Crippen molar-refractivity contribution in [3.63, 3.8) is 0 Å². The van der Waals surface area contributed by atoms with Crippen LogP contribution in [-0.4, -0.2) is 35.9 Å². The molecule has 0 aromatic heterocycles. The molecule has 2 aromatic rings. The lowest BCUT2D eigenvalue weighted by atomic mass is 9.94. The molecule has 1 heterocycles. The van der Waals surface area contributed by atoms with Crippen molar-refractivity contribution in [2.45, 2.75) is 51.5 Å². The van der Waals surface area contributed by atoms with Gasteiger partial charge < -0.3 is 9.47 Å². The highest BCUT2D eigenvalue weighted by atomic mass is 16.5. The standard InChI is InChI=1S/C24H30N2O3/c1-24(2)18-22(19-11-10-14-21(17-19)28-3)25-26(24)23(27)15-8-5-9-16-29-20-12-6-4-7-13-20/h4,6-7,10-14,17H,5,8-9,15-16,18H2,1-3H3. The Balaban J connectivity index is 1.48. The van der Waals surface area contributed by atoms with Gasteiger partial charge in [-0.15, -0.1) is 0 Å². The van der Waals surface area contributed by atoms with Crippen LogP contribution in [0, 0.1) is 0 Å². The van der Waals surface area contributed by atoms with Crippen molar-refractivity contribution in [1.82, 2.24) is 5.01 Å². The average molecular weight is 395 g/mol. The van der Waals surface area contributed by atoms with Crippen molar-refractivity contribution in [1.29, 1.82) is 0 Å². The lowest BCUT2D eigenvalue weighted by molar-refractivity contribution is -0.135. The Bertz CT molecular complexity index is 846. The SMILES string of the molecule is COc1cccc(C2=NN(C(=O)CCCCCOc3ccccc3)C(C)(C)C2)c1. The molecule has 3 rings (SSSR count). The first-order valence-corrected chi connectivity index (χ1v) is 10.2. The van der Waals surface area contributed by atoms with E-state index in [4.69, 9.17) is 9.47 Å². The van der Waals surface area contributed by atoms with E-state index in [0.29, 0.717) is 13.0 Å². The summed E-state index contributed by atoms with van der Waals surface area (Å²) in [7, 11) is 1.65. The van der Waals surface area contributed by atoms with Crippen molar-refractivity contribution in [2.75, 3.05) is 13.7 Å². The molecule has 2 aromatic carbocycles. The maximum atomic E-state index is 12.8. The second-order valence-electron chi connectivity index (χ2n) is 7.95. The lowest BCUT2D eigenvalue weighted by Crippen LogP contribution is -2.40. The normalized spacial score (nSPS) is 15.1. The molecule has 0 radical (unpaired) electrons. The predicted molar refractivity (Wildman–Crippen MR) is 115 cm³/mol. The first kappa shape index (κ1) is 20.9. The summed E-state index contributed by atoms with van der Waals surface area (Å²) in [6.07, 6.45) is 3.97. The van der Waals surface area contributed by atoms with Crippen LogP contribution in [0.15, 0.2) is 59.7 Å². The van der Waals surface area contributed by atoms with Gasteiger partial charge >= 0.3 is 0 Å². The topological polar surface area (TPSA) is 51.1 Å². The number of carbonyl (C=O) groups excluding carboxylic acids is 1. The molecule has 5 heteroatoms. The molecular formula is C24H30N2O3. The van der Waals surface area contributed by atoms with Crippen molar-refractivity contribution < 1.29 is 14.3 Å². The zero-order valence-corrected chi connectivity index (χ0v) is 17.6. The molecule has 29 heavy (non-hydrogen) atoms. The second-order valence-corrected chi connectivity index (χ2v) is 7.95. The molecule has 0 N–H and O–H groups in total. The number of hydrogen-bond acceptors (Lipinski definition) is 4. The van der Waals surface area contributed by atoms with Crippen LogP contribution < -0.4 is 9.47 Å². The van der Waals surface area contributed by atoms with Crippen LogP contribution in [0.3, 0.4) is 0 Å². The minimum atomic E-state index is -0.314. The third-order valence-electron chi connectivity index (χ3n) is 5.08. The highest BCUT2D eigenvalue weighted by Gasteiger charge is 2.38. The number of amides is 1. The van der Waals surface area contributed by atoms with Crippen LogP contribution in [0.25, 0.3) is 0 Å². The third-order valence-corrected chi connectivity index (χ3v) is 5.08. The highest BCUT2D eigenvalue weighted by molar-refractivity contribution is 6.03. The van der Waals surface area contributed by atoms with Gasteiger partial charge in [0.2, 0.25) is 5.91 Å². The van der Waals surface area contributed by atoms with E-state index >= 15 is 0 Å². The molecule has 0 aliphatic carbocycles. The first-order chi connectivity index (χ1) is 14.0. The van der Waals surface area contributed by atoms with E-state index in [-0.39, 0.29) is 11.4 Å². The van der Waals surface area contributed by atoms with Crippen LogP contribution in [0.2, 0.25) is 0 Å². The van der Waals surface area contributed by atoms with E-state index in [2.05, 4.69) is 18.9 Å². The molecule has 5 nitrogen and oxygen atoms in total. The van der Waals surface area contributed by atoms with E-state index in [9.17, 15) is 4.79 Å². The zero-order valence-electron chi connectivity index (χ0n) is 17.6. The lowest BCUT2D eigenvalue weighted by Gasteiger charge is -2.28. The summed E-state index contributed by atoms with van der Waals surface area (Å²) in [5.74, 6) is 1.77. The Kier molecular flexibility index (Phi) is 6.91. The fraction of sp³-hybridized carbons (Fsp3) is 0.417. The van der Waals surface area contributed by atoms with Crippen molar-refractivity contribution in [2.24, 2.45) is 5.10 Å². The van der Waals surface area contributed by atoms with Gasteiger partial charge in [-0.2, -0.15) is 5.10 Å². The van der Waals surface area contributed by atoms with Gasteiger partial charge in [-0.25, -0.2) is 5.01 Å². The maximum Gasteiger partial charge on any atom is 0.243 e. The molecule has 1 amide bonds. The summed E-state index contributed by atoms with van der Waals surface area (Å²) in [6.45, 7) is 4.80. The number of nitrogens with zero attached hydrogens (tertiary/aromatic N) is 2. The molecular weight excluding hydrogens is 364 g/mol. The van der Waals surface area contributed by atoms with Gasteiger partial charge in [0.25, 0.3) is 0 Å². The summed E-state index contributed by atoms with van der Waals surface area (Å²) in [6, 6.07) is 17.7. The van der Waals surface area contributed by atoms with Crippen molar-refractivity contribution in [3.05, 3.63) is 60.2 Å². The van der Waals surface area contributed by atoms with Gasteiger partial charge in [-0.1, -0.05) is 30.3 Å². The van der Waals surface area contributed by atoms with Crippen LogP contribution in [0.1, 0.15) is 51.5 Å². The Hall–Kier alpha value is -2.82. The van der Waals surface area contributed by atoms with Crippen LogP contribution >= 0.6 is 0 Å². The van der Waals surface area contributed by atoms with Crippen LogP contribution in [-0.2, 0) is 4.79 Å². The highest BCUT2D eigenvalue weighted by Crippen LogP contribution is 2.31. The monoisotopic (exact) mass is 394 g/mol. The van der Waals surface area contributed by atoms with E-state index in [1.165, 1.54) is 0 Å². The van der Waals surface area contributed by atoms with Gasteiger partial charge in [0.15, 0.2) is 0 Å². The van der Waals surface area contributed by atoms with Gasteiger partial charge in [-0.3, -0.25) is 4.79 Å². The number of unbranched alkanes of at least 4 members (excludes halogenated alkanes) is 2. The van der Waals surface area contributed by atoms with Gasteiger partial charge in [-0.05, 0) is 57.4 Å². The van der Waals surface area contributed by atoms with Gasteiger partial charge in [0, 0.05) is 18.4 Å². The molecule has 0 bridgehead atoms. The summed E-state index contributed by atoms with van der Waals surface area (Å²) >= 11 is 0. The fourth-order valence-electron chi connectivity index (χ4n) is 3.50. The van der Waals surface area contributed by atoms with Crippen LogP contribution in [0.4, 0.5) is 0 Å². The molecule has 1 aliphatic rings. The number of ether oxygens (including phenoxy) is 2. The van der Waals surface area contributed by atoms with E-state index in [1.807, 2.05) is 54.6 Å². The Morgan fingerprint density at radius 3 is 2.55 bits per heavy atom. The minimum absolute atomic E-state index is 0.0804. The molecule has 0 unspecified atom stereocenters. The molecule has 0 spiro atoms. The Morgan fingerprint density at radius 2 is 1.79 bits per heavy atom. The number of hydrogen-bond donors (Lipinski definition) is 0. The van der Waals surface area contributed by atoms with Gasteiger partial charge in [0.1, 0.15) is 11.5 Å². The molecule has 0 atom stereocenters. The smallest absolute Gasteiger partial charge is 0.243 e. The summed E-state index contributed by atoms with van der Waals surface area (Å²) < 4.78 is 11.0. The van der Waals surface area contributed by atoms with E-state index in [1.54, 1.807) is 12.1 Å². The Labute approximate surface area is 173 Å². The predicted octanol–water partition coefficient (Wildman–Crippen LogP) is 5.05. The Morgan fingerprint density at radius 1 is 1.03 bits per heavy atom. The number of hydrazone groups is 1. The summed E-state index contributed by atoms with van der Waals surface area (Å²) in [5, 5.41) is 6.33. The minimum Gasteiger partial charge on any atom is -0.497 e. The summed E-state index contributed by atoms with van der Waals surface area (Å²) in [5.41, 5.74) is 1.62. The molecule has 0 saturated carbocycles. The van der Waals surface area contributed by atoms with Crippen LogP contribution in [0.5, 0.6) is 11.5 Å². The second kappa shape index (κ2) is 9.59. The van der Waals surface area contributed by atoms with E-state index < -0.39 is 0 Å². The number of methoxy groups -OCH3 is 1. The average Bonchev–Trinajstić information content (AvgIpc) is 3.06. The van der Waals surface area contributed by atoms with Crippen molar-refractivity contribution >= 4 is 11.6 Å². The largest absolute Gasteiger partial charge is 0.497 e. The number of carbonyl (C=O) groups is 1.